The zero-order valence-corrected chi connectivity index (χ0v) is 8.00. The van der Waals surface area contributed by atoms with Crippen LogP contribution in [0.1, 0.15) is 24.3 Å². The van der Waals surface area contributed by atoms with Crippen molar-refractivity contribution in [3.63, 3.8) is 0 Å². The van der Waals surface area contributed by atoms with Gasteiger partial charge in [0.05, 0.1) is 6.07 Å². The molecule has 1 aromatic carbocycles. The summed E-state index contributed by atoms with van der Waals surface area (Å²) in [5, 5.41) is 8.85. The molecule has 15 heavy (non-hydrogen) atoms. The molecule has 2 rings (SSSR count). The maximum atomic E-state index is 13.4. The first-order valence-corrected chi connectivity index (χ1v) is 4.72. The largest absolute Gasteiger partial charge is 0.313 e. The van der Waals surface area contributed by atoms with Gasteiger partial charge in [-0.05, 0) is 24.5 Å². The molecule has 1 aromatic rings. The van der Waals surface area contributed by atoms with Crippen molar-refractivity contribution < 1.29 is 8.78 Å². The Hall–Kier alpha value is -1.47. The highest BCUT2D eigenvalue weighted by molar-refractivity contribution is 5.34. The van der Waals surface area contributed by atoms with E-state index in [0.717, 1.165) is 6.07 Å². The van der Waals surface area contributed by atoms with E-state index in [0.29, 0.717) is 18.4 Å². The lowest BCUT2D eigenvalue weighted by Gasteiger charge is -2.41. The highest BCUT2D eigenvalue weighted by Crippen LogP contribution is 2.44. The van der Waals surface area contributed by atoms with E-state index in [4.69, 9.17) is 11.0 Å². The fourth-order valence-corrected chi connectivity index (χ4v) is 1.95. The Morgan fingerprint density at radius 2 is 2.20 bits per heavy atom. The van der Waals surface area contributed by atoms with E-state index in [1.165, 1.54) is 12.1 Å². The number of benzene rings is 1. The summed E-state index contributed by atoms with van der Waals surface area (Å²) in [6.45, 7) is 0. The minimum Gasteiger partial charge on any atom is -0.313 e. The molecule has 4 heteroatoms. The number of hydrogen-bond donors (Lipinski definition) is 1. The van der Waals surface area contributed by atoms with E-state index in [9.17, 15) is 8.78 Å². The van der Waals surface area contributed by atoms with Crippen molar-refractivity contribution >= 4 is 0 Å². The number of nitriles is 1. The van der Waals surface area contributed by atoms with Gasteiger partial charge in [0, 0.05) is 12.0 Å². The summed E-state index contributed by atoms with van der Waals surface area (Å²) in [7, 11) is 0. The van der Waals surface area contributed by atoms with E-state index in [1.54, 1.807) is 0 Å². The minimum absolute atomic E-state index is 0.317. The van der Waals surface area contributed by atoms with Crippen LogP contribution < -0.4 is 5.73 Å². The van der Waals surface area contributed by atoms with Gasteiger partial charge >= 0.3 is 0 Å². The van der Waals surface area contributed by atoms with E-state index in [2.05, 4.69) is 0 Å². The first-order valence-electron chi connectivity index (χ1n) is 4.72. The van der Waals surface area contributed by atoms with Gasteiger partial charge in [0.2, 0.25) is 0 Å². The molecule has 78 valence electrons. The third-order valence-electron chi connectivity index (χ3n) is 3.01. The third kappa shape index (κ3) is 1.49. The molecule has 0 bridgehead atoms. The summed E-state index contributed by atoms with van der Waals surface area (Å²) >= 11 is 0. The van der Waals surface area contributed by atoms with Crippen molar-refractivity contribution in [3.8, 4) is 6.07 Å². The molecule has 0 saturated heterocycles. The van der Waals surface area contributed by atoms with E-state index in [-0.39, 0.29) is 5.92 Å². The van der Waals surface area contributed by atoms with Crippen molar-refractivity contribution in [2.75, 3.05) is 0 Å². The topological polar surface area (TPSA) is 49.8 Å². The lowest BCUT2D eigenvalue weighted by molar-refractivity contribution is 0.259. The smallest absolute Gasteiger partial charge is 0.129 e. The van der Waals surface area contributed by atoms with E-state index in [1.807, 2.05) is 6.07 Å². The number of nitrogens with two attached hydrogens (primary N) is 1. The van der Waals surface area contributed by atoms with Crippen LogP contribution in [0, 0.1) is 23.0 Å². The summed E-state index contributed by atoms with van der Waals surface area (Å²) in [6.07, 6.45) is 1.23. The second-order valence-electron chi connectivity index (χ2n) is 3.91. The summed E-state index contributed by atoms with van der Waals surface area (Å²) < 4.78 is 26.1. The SMILES string of the molecule is N#C[C@]1(N)CCC1c1ccc(F)cc1F. The molecule has 1 aliphatic rings. The lowest BCUT2D eigenvalue weighted by atomic mass is 9.65. The molecule has 0 heterocycles. The molecule has 1 unspecified atom stereocenters. The minimum atomic E-state index is -0.987. The molecule has 0 amide bonds. The Morgan fingerprint density at radius 3 is 2.67 bits per heavy atom. The first-order chi connectivity index (χ1) is 7.07. The molecule has 2 N–H and O–H groups in total. The monoisotopic (exact) mass is 208 g/mol. The van der Waals surface area contributed by atoms with Crippen LogP contribution in [0.5, 0.6) is 0 Å². The highest BCUT2D eigenvalue weighted by Gasteiger charge is 2.45. The van der Waals surface area contributed by atoms with Crippen molar-refractivity contribution in [3.05, 3.63) is 35.4 Å². The Morgan fingerprint density at radius 1 is 1.47 bits per heavy atom. The van der Waals surface area contributed by atoms with Gasteiger partial charge in [-0.15, -0.1) is 0 Å². The molecule has 0 radical (unpaired) electrons. The molecule has 2 atom stereocenters. The van der Waals surface area contributed by atoms with Crippen LogP contribution in [0.4, 0.5) is 8.78 Å². The van der Waals surface area contributed by atoms with Gasteiger partial charge in [0.15, 0.2) is 0 Å². The molecule has 0 spiro atoms. The average Bonchev–Trinajstić information content (AvgIpc) is 2.19. The van der Waals surface area contributed by atoms with Crippen LogP contribution in [0.15, 0.2) is 18.2 Å². The first kappa shape index (κ1) is 10.1. The van der Waals surface area contributed by atoms with Crippen LogP contribution in [-0.4, -0.2) is 5.54 Å². The second-order valence-corrected chi connectivity index (χ2v) is 3.91. The molecule has 1 saturated carbocycles. The Kier molecular flexibility index (Phi) is 2.20. The maximum absolute atomic E-state index is 13.4. The zero-order chi connectivity index (χ0) is 11.1. The summed E-state index contributed by atoms with van der Waals surface area (Å²) in [5.41, 5.74) is 5.12. The lowest BCUT2D eigenvalue weighted by Crippen LogP contribution is -2.52. The van der Waals surface area contributed by atoms with Crippen LogP contribution in [0.25, 0.3) is 0 Å². The Bertz CT molecular complexity index is 439. The molecular weight excluding hydrogens is 198 g/mol. The Balaban J connectivity index is 2.36. The van der Waals surface area contributed by atoms with Crippen LogP contribution in [-0.2, 0) is 0 Å². The fraction of sp³-hybridized carbons (Fsp3) is 0.364. The second kappa shape index (κ2) is 3.28. The number of rotatable bonds is 1. The van der Waals surface area contributed by atoms with Crippen molar-refractivity contribution in [2.24, 2.45) is 5.73 Å². The summed E-state index contributed by atoms with van der Waals surface area (Å²) in [4.78, 5) is 0. The maximum Gasteiger partial charge on any atom is 0.129 e. The van der Waals surface area contributed by atoms with Crippen molar-refractivity contribution in [1.82, 2.24) is 0 Å². The highest BCUT2D eigenvalue weighted by atomic mass is 19.1. The normalized spacial score (nSPS) is 29.3. The van der Waals surface area contributed by atoms with Gasteiger partial charge in [-0.2, -0.15) is 5.26 Å². The van der Waals surface area contributed by atoms with Gasteiger partial charge < -0.3 is 5.73 Å². The Labute approximate surface area is 86.3 Å². The third-order valence-corrected chi connectivity index (χ3v) is 3.01. The van der Waals surface area contributed by atoms with Crippen LogP contribution in [0.3, 0.4) is 0 Å². The molecule has 0 aromatic heterocycles. The fourth-order valence-electron chi connectivity index (χ4n) is 1.95. The molecule has 1 fully saturated rings. The van der Waals surface area contributed by atoms with E-state index >= 15 is 0 Å². The van der Waals surface area contributed by atoms with E-state index < -0.39 is 17.2 Å². The van der Waals surface area contributed by atoms with Crippen LogP contribution >= 0.6 is 0 Å². The standard InChI is InChI=1S/C11H10F2N2/c12-7-1-2-8(10(13)5-7)9-3-4-11(9,15)6-14/h1-2,5,9H,3-4,15H2/t9?,11-/m1/s1. The molecular formula is C11H10F2N2. The number of nitrogens with zero attached hydrogens (tertiary/aromatic N) is 1. The average molecular weight is 208 g/mol. The molecule has 0 aliphatic heterocycles. The predicted molar refractivity (Wildman–Crippen MR) is 50.9 cm³/mol. The van der Waals surface area contributed by atoms with Gasteiger partial charge in [-0.3, -0.25) is 0 Å². The van der Waals surface area contributed by atoms with Gasteiger partial charge in [-0.1, -0.05) is 6.07 Å². The summed E-state index contributed by atoms with van der Waals surface area (Å²) in [5.74, 6) is -1.55. The predicted octanol–water partition coefficient (Wildman–Crippen LogP) is 2.06. The van der Waals surface area contributed by atoms with Crippen molar-refractivity contribution in [1.29, 1.82) is 5.26 Å². The molecule has 2 nitrogen and oxygen atoms in total. The van der Waals surface area contributed by atoms with Gasteiger partial charge in [-0.25, -0.2) is 8.78 Å². The van der Waals surface area contributed by atoms with Crippen LogP contribution in [0.2, 0.25) is 0 Å². The van der Waals surface area contributed by atoms with Gasteiger partial charge in [0.25, 0.3) is 0 Å². The van der Waals surface area contributed by atoms with Crippen molar-refractivity contribution in [2.45, 2.75) is 24.3 Å². The number of hydrogen-bond acceptors (Lipinski definition) is 2. The van der Waals surface area contributed by atoms with Gasteiger partial charge in [0.1, 0.15) is 17.2 Å². The summed E-state index contributed by atoms with van der Waals surface area (Å²) in [6, 6.07) is 5.37. The molecule has 1 aliphatic carbocycles. The zero-order valence-electron chi connectivity index (χ0n) is 8.00. The quantitative estimate of drug-likeness (QED) is 0.768. The number of halogens is 2.